The Kier molecular flexibility index (Phi) is 5.91. The Morgan fingerprint density at radius 1 is 1.27 bits per heavy atom. The van der Waals surface area contributed by atoms with E-state index in [9.17, 15) is 4.79 Å². The van der Waals surface area contributed by atoms with Crippen LogP contribution in [-0.4, -0.2) is 28.6 Å². The zero-order chi connectivity index (χ0) is 15.8. The van der Waals surface area contributed by atoms with E-state index in [1.54, 1.807) is 12.1 Å². The molecule has 1 amide bonds. The van der Waals surface area contributed by atoms with Crippen molar-refractivity contribution in [3.8, 4) is 11.6 Å². The number of ether oxygens (including phenoxy) is 1. The molecule has 0 aliphatic heterocycles. The minimum absolute atomic E-state index is 0.0138. The molecule has 2 rings (SSSR count). The SMILES string of the molecule is CC(CCCO)NC(=O)c1ccc(Oc2ccccc2)nc1. The number of rotatable bonds is 7. The van der Waals surface area contributed by atoms with Gasteiger partial charge in [-0.2, -0.15) is 0 Å². The minimum atomic E-state index is -0.177. The molecule has 1 aromatic heterocycles. The summed E-state index contributed by atoms with van der Waals surface area (Å²) in [6.45, 7) is 2.04. The van der Waals surface area contributed by atoms with Crippen LogP contribution in [0.1, 0.15) is 30.1 Å². The highest BCUT2D eigenvalue weighted by Gasteiger charge is 2.10. The average Bonchev–Trinajstić information content (AvgIpc) is 2.54. The van der Waals surface area contributed by atoms with Crippen LogP contribution in [-0.2, 0) is 0 Å². The fourth-order valence-corrected chi connectivity index (χ4v) is 1.96. The van der Waals surface area contributed by atoms with Gasteiger partial charge in [0.15, 0.2) is 0 Å². The number of benzene rings is 1. The highest BCUT2D eigenvalue weighted by molar-refractivity contribution is 5.94. The summed E-state index contributed by atoms with van der Waals surface area (Å²) in [4.78, 5) is 16.2. The van der Waals surface area contributed by atoms with Crippen LogP contribution in [0.2, 0.25) is 0 Å². The van der Waals surface area contributed by atoms with Crippen molar-refractivity contribution in [1.29, 1.82) is 0 Å². The lowest BCUT2D eigenvalue weighted by Gasteiger charge is -2.13. The van der Waals surface area contributed by atoms with E-state index in [0.29, 0.717) is 23.6 Å². The number of carbonyl (C=O) groups is 1. The third-order valence-corrected chi connectivity index (χ3v) is 3.14. The van der Waals surface area contributed by atoms with Gasteiger partial charge in [-0.3, -0.25) is 4.79 Å². The fraction of sp³-hybridized carbons (Fsp3) is 0.294. The molecule has 116 valence electrons. The molecule has 2 aromatic rings. The number of nitrogens with zero attached hydrogens (tertiary/aromatic N) is 1. The van der Waals surface area contributed by atoms with E-state index in [0.717, 1.165) is 6.42 Å². The van der Waals surface area contributed by atoms with Crippen LogP contribution in [0.15, 0.2) is 48.7 Å². The molecule has 0 aliphatic rings. The maximum atomic E-state index is 12.0. The second-order valence-corrected chi connectivity index (χ2v) is 5.04. The van der Waals surface area contributed by atoms with Crippen LogP contribution in [0.4, 0.5) is 0 Å². The lowest BCUT2D eigenvalue weighted by molar-refractivity contribution is 0.0936. The first-order chi connectivity index (χ1) is 10.7. The second kappa shape index (κ2) is 8.14. The molecule has 1 atom stereocenters. The Balaban J connectivity index is 1.92. The lowest BCUT2D eigenvalue weighted by Crippen LogP contribution is -2.32. The Morgan fingerprint density at radius 2 is 2.05 bits per heavy atom. The van der Waals surface area contributed by atoms with E-state index in [-0.39, 0.29) is 18.6 Å². The number of nitrogens with one attached hydrogen (secondary N) is 1. The molecule has 2 N–H and O–H groups in total. The third-order valence-electron chi connectivity index (χ3n) is 3.14. The first-order valence-corrected chi connectivity index (χ1v) is 7.29. The van der Waals surface area contributed by atoms with Crippen LogP contribution in [0.25, 0.3) is 0 Å². The molecule has 1 aromatic carbocycles. The smallest absolute Gasteiger partial charge is 0.253 e. The van der Waals surface area contributed by atoms with E-state index >= 15 is 0 Å². The molecule has 0 saturated heterocycles. The van der Waals surface area contributed by atoms with Crippen LogP contribution in [0.3, 0.4) is 0 Å². The lowest BCUT2D eigenvalue weighted by atomic mass is 10.1. The van der Waals surface area contributed by atoms with E-state index in [4.69, 9.17) is 9.84 Å². The molecule has 1 heterocycles. The standard InChI is InChI=1S/C17H20N2O3/c1-13(6-5-11-20)19-17(21)14-9-10-16(18-12-14)22-15-7-3-2-4-8-15/h2-4,7-10,12-13,20H,5-6,11H2,1H3,(H,19,21). The Hall–Kier alpha value is -2.40. The van der Waals surface area contributed by atoms with Crippen LogP contribution >= 0.6 is 0 Å². The molecule has 5 heteroatoms. The maximum Gasteiger partial charge on any atom is 0.253 e. The van der Waals surface area contributed by atoms with Gasteiger partial charge in [-0.05, 0) is 38.0 Å². The van der Waals surface area contributed by atoms with Crippen molar-refractivity contribution in [1.82, 2.24) is 10.3 Å². The first-order valence-electron chi connectivity index (χ1n) is 7.29. The predicted molar refractivity (Wildman–Crippen MR) is 84.0 cm³/mol. The minimum Gasteiger partial charge on any atom is -0.439 e. The molecule has 0 spiro atoms. The topological polar surface area (TPSA) is 71.5 Å². The number of carbonyl (C=O) groups excluding carboxylic acids is 1. The number of aliphatic hydroxyl groups excluding tert-OH is 1. The summed E-state index contributed by atoms with van der Waals surface area (Å²) in [7, 11) is 0. The average molecular weight is 300 g/mol. The van der Waals surface area contributed by atoms with Gasteiger partial charge in [-0.1, -0.05) is 18.2 Å². The summed E-state index contributed by atoms with van der Waals surface area (Å²) in [5.41, 5.74) is 0.483. The van der Waals surface area contributed by atoms with E-state index in [1.807, 2.05) is 37.3 Å². The Labute approximate surface area is 130 Å². The zero-order valence-corrected chi connectivity index (χ0v) is 12.5. The normalized spacial score (nSPS) is 11.7. The van der Waals surface area contributed by atoms with Crippen molar-refractivity contribution in [3.63, 3.8) is 0 Å². The number of aromatic nitrogens is 1. The van der Waals surface area contributed by atoms with Gasteiger partial charge in [0.25, 0.3) is 5.91 Å². The van der Waals surface area contributed by atoms with Crippen molar-refractivity contribution in [2.75, 3.05) is 6.61 Å². The van der Waals surface area contributed by atoms with Gasteiger partial charge >= 0.3 is 0 Å². The van der Waals surface area contributed by atoms with Gasteiger partial charge in [0, 0.05) is 24.9 Å². The largest absolute Gasteiger partial charge is 0.439 e. The van der Waals surface area contributed by atoms with Gasteiger partial charge in [0.2, 0.25) is 5.88 Å². The quantitative estimate of drug-likeness (QED) is 0.825. The highest BCUT2D eigenvalue weighted by Crippen LogP contribution is 2.18. The van der Waals surface area contributed by atoms with Gasteiger partial charge < -0.3 is 15.2 Å². The van der Waals surface area contributed by atoms with Crippen molar-refractivity contribution >= 4 is 5.91 Å². The molecule has 0 radical (unpaired) electrons. The van der Waals surface area contributed by atoms with Gasteiger partial charge in [-0.15, -0.1) is 0 Å². The van der Waals surface area contributed by atoms with Crippen LogP contribution in [0, 0.1) is 0 Å². The van der Waals surface area contributed by atoms with Crippen LogP contribution < -0.4 is 10.1 Å². The number of amides is 1. The third kappa shape index (κ3) is 4.86. The molecule has 1 unspecified atom stereocenters. The molecule has 5 nitrogen and oxygen atoms in total. The number of hydrogen-bond acceptors (Lipinski definition) is 4. The Bertz CT molecular complexity index is 585. The Morgan fingerprint density at radius 3 is 2.68 bits per heavy atom. The summed E-state index contributed by atoms with van der Waals surface area (Å²) in [5.74, 6) is 0.963. The summed E-state index contributed by atoms with van der Waals surface area (Å²) in [5, 5.41) is 11.7. The predicted octanol–water partition coefficient (Wildman–Crippen LogP) is 2.76. The zero-order valence-electron chi connectivity index (χ0n) is 12.5. The molecular formula is C17H20N2O3. The van der Waals surface area contributed by atoms with E-state index in [1.165, 1.54) is 6.20 Å². The molecule has 0 saturated carbocycles. The molecular weight excluding hydrogens is 280 g/mol. The molecule has 22 heavy (non-hydrogen) atoms. The summed E-state index contributed by atoms with van der Waals surface area (Å²) in [6.07, 6.45) is 2.90. The highest BCUT2D eigenvalue weighted by atomic mass is 16.5. The molecule has 0 bridgehead atoms. The number of hydrogen-bond donors (Lipinski definition) is 2. The fourth-order valence-electron chi connectivity index (χ4n) is 1.96. The number of pyridine rings is 1. The van der Waals surface area contributed by atoms with Gasteiger partial charge in [0.1, 0.15) is 5.75 Å². The number of para-hydroxylation sites is 1. The van der Waals surface area contributed by atoms with E-state index in [2.05, 4.69) is 10.3 Å². The van der Waals surface area contributed by atoms with Crippen molar-refractivity contribution in [2.45, 2.75) is 25.8 Å². The molecule has 0 fully saturated rings. The maximum absolute atomic E-state index is 12.0. The van der Waals surface area contributed by atoms with Crippen molar-refractivity contribution < 1.29 is 14.6 Å². The summed E-state index contributed by atoms with van der Waals surface area (Å²) >= 11 is 0. The van der Waals surface area contributed by atoms with E-state index < -0.39 is 0 Å². The van der Waals surface area contributed by atoms with Crippen LogP contribution in [0.5, 0.6) is 11.6 Å². The monoisotopic (exact) mass is 300 g/mol. The summed E-state index contributed by atoms with van der Waals surface area (Å²) < 4.78 is 5.58. The van der Waals surface area contributed by atoms with Crippen molar-refractivity contribution in [2.24, 2.45) is 0 Å². The molecule has 0 aliphatic carbocycles. The number of aliphatic hydroxyl groups is 1. The summed E-state index contributed by atoms with van der Waals surface area (Å²) in [6, 6.07) is 12.7. The van der Waals surface area contributed by atoms with Crippen molar-refractivity contribution in [3.05, 3.63) is 54.2 Å². The first kappa shape index (κ1) is 16.0. The van der Waals surface area contributed by atoms with Gasteiger partial charge in [-0.25, -0.2) is 4.98 Å². The second-order valence-electron chi connectivity index (χ2n) is 5.04. The van der Waals surface area contributed by atoms with Gasteiger partial charge in [0.05, 0.1) is 5.56 Å².